The van der Waals surface area contributed by atoms with Gasteiger partial charge in [0.15, 0.2) is 11.5 Å². The largest absolute Gasteiger partial charge is 0.493 e. The molecule has 5 nitrogen and oxygen atoms in total. The maximum Gasteiger partial charge on any atom is 0.416 e. The Hall–Kier alpha value is -2.90. The van der Waals surface area contributed by atoms with Gasteiger partial charge in [0.1, 0.15) is 13.2 Å². The molecule has 0 aromatic heterocycles. The lowest BCUT2D eigenvalue weighted by molar-refractivity contribution is -0.137. The maximum absolute atomic E-state index is 13.0. The molecule has 0 aliphatic carbocycles. The Kier molecular flexibility index (Phi) is 5.64. The first-order valence-electron chi connectivity index (χ1n) is 9.05. The molecule has 29 heavy (non-hydrogen) atoms. The van der Waals surface area contributed by atoms with E-state index < -0.39 is 17.2 Å². The van der Waals surface area contributed by atoms with Gasteiger partial charge in [-0.15, -0.1) is 0 Å². The summed E-state index contributed by atoms with van der Waals surface area (Å²) in [7, 11) is 1.46. The number of hydrogen-bond donors (Lipinski definition) is 1. The first kappa shape index (κ1) is 20.8. The third kappa shape index (κ3) is 4.58. The van der Waals surface area contributed by atoms with Crippen molar-refractivity contribution in [1.29, 1.82) is 0 Å². The average molecular weight is 409 g/mol. The van der Waals surface area contributed by atoms with E-state index in [9.17, 15) is 18.0 Å². The van der Waals surface area contributed by atoms with Crippen LogP contribution in [-0.2, 0) is 11.6 Å². The lowest BCUT2D eigenvalue weighted by Gasteiger charge is -2.27. The number of fused-ring (bicyclic) bond motifs is 1. The van der Waals surface area contributed by atoms with Gasteiger partial charge >= 0.3 is 6.18 Å². The molecule has 8 heteroatoms. The van der Waals surface area contributed by atoms with Crippen LogP contribution in [0.25, 0.3) is 0 Å². The number of rotatable bonds is 5. The fraction of sp³-hybridized carbons (Fsp3) is 0.381. The van der Waals surface area contributed by atoms with E-state index in [1.807, 2.05) is 0 Å². The van der Waals surface area contributed by atoms with E-state index in [0.29, 0.717) is 41.6 Å². The first-order valence-corrected chi connectivity index (χ1v) is 9.05. The van der Waals surface area contributed by atoms with Crippen LogP contribution >= 0.6 is 0 Å². The minimum atomic E-state index is -4.42. The summed E-state index contributed by atoms with van der Waals surface area (Å²) in [6.45, 7) is 4.44. The highest BCUT2D eigenvalue weighted by Crippen LogP contribution is 2.40. The second-order valence-corrected chi connectivity index (χ2v) is 7.35. The smallest absolute Gasteiger partial charge is 0.416 e. The Morgan fingerprint density at radius 3 is 2.48 bits per heavy atom. The highest BCUT2D eigenvalue weighted by molar-refractivity contribution is 5.95. The van der Waals surface area contributed by atoms with Crippen LogP contribution in [0, 0.1) is 0 Å². The van der Waals surface area contributed by atoms with Crippen LogP contribution in [-0.4, -0.2) is 32.8 Å². The third-order valence-electron chi connectivity index (χ3n) is 4.75. The minimum absolute atomic E-state index is 0.143. The third-order valence-corrected chi connectivity index (χ3v) is 4.75. The lowest BCUT2D eigenvalue weighted by atomic mass is 9.83. The highest BCUT2D eigenvalue weighted by Gasteiger charge is 2.32. The summed E-state index contributed by atoms with van der Waals surface area (Å²) in [5, 5.41) is 2.78. The normalized spacial score (nSPS) is 13.7. The number of ether oxygens (including phenoxy) is 3. The van der Waals surface area contributed by atoms with Crippen LogP contribution in [0.5, 0.6) is 17.2 Å². The summed E-state index contributed by atoms with van der Waals surface area (Å²) in [4.78, 5) is 12.7. The molecule has 0 saturated carbocycles. The molecule has 0 radical (unpaired) electrons. The summed E-state index contributed by atoms with van der Waals surface area (Å²) in [6.07, 6.45) is -4.42. The van der Waals surface area contributed by atoms with Crippen LogP contribution in [0.1, 0.15) is 35.3 Å². The van der Waals surface area contributed by atoms with Gasteiger partial charge in [0.05, 0.1) is 12.7 Å². The van der Waals surface area contributed by atoms with Crippen molar-refractivity contribution in [3.05, 3.63) is 53.1 Å². The maximum atomic E-state index is 13.0. The van der Waals surface area contributed by atoms with Crippen molar-refractivity contribution < 1.29 is 32.2 Å². The molecule has 1 aliphatic rings. The van der Waals surface area contributed by atoms with E-state index in [0.717, 1.165) is 12.1 Å². The molecule has 0 spiro atoms. The van der Waals surface area contributed by atoms with Gasteiger partial charge in [-0.3, -0.25) is 4.79 Å². The molecule has 1 amide bonds. The van der Waals surface area contributed by atoms with Gasteiger partial charge in [-0.1, -0.05) is 32.0 Å². The molecule has 1 aliphatic heterocycles. The number of carbonyl (C=O) groups excluding carboxylic acids is 1. The molecule has 1 N–H and O–H groups in total. The van der Waals surface area contributed by atoms with E-state index in [-0.39, 0.29) is 12.5 Å². The zero-order chi connectivity index (χ0) is 21.2. The summed E-state index contributed by atoms with van der Waals surface area (Å²) in [5.41, 5.74) is -0.640. The van der Waals surface area contributed by atoms with Crippen molar-refractivity contribution in [2.75, 3.05) is 26.9 Å². The zero-order valence-electron chi connectivity index (χ0n) is 16.4. The van der Waals surface area contributed by atoms with Crippen molar-refractivity contribution in [2.24, 2.45) is 0 Å². The summed E-state index contributed by atoms with van der Waals surface area (Å²) < 4.78 is 55.3. The molecule has 156 valence electrons. The molecule has 2 aromatic carbocycles. The number of alkyl halides is 3. The topological polar surface area (TPSA) is 56.8 Å². The number of carbonyl (C=O) groups is 1. The SMILES string of the molecule is COc1cc(C(=O)NCC(C)(C)c2cccc(C(F)(F)F)c2)cc2c1OCCO2. The van der Waals surface area contributed by atoms with Gasteiger partial charge in [-0.25, -0.2) is 0 Å². The van der Waals surface area contributed by atoms with Crippen LogP contribution < -0.4 is 19.5 Å². The Balaban J connectivity index is 1.76. The first-order chi connectivity index (χ1) is 13.6. The standard InChI is InChI=1S/C21H22F3NO4/c1-20(2,14-5-4-6-15(11-14)21(22,23)24)12-25-19(26)13-9-16(27-3)18-17(10-13)28-7-8-29-18/h4-6,9-11H,7-8,12H2,1-3H3,(H,25,26). The van der Waals surface area contributed by atoms with Crippen LogP contribution in [0.3, 0.4) is 0 Å². The van der Waals surface area contributed by atoms with E-state index in [1.54, 1.807) is 32.0 Å². The molecular formula is C21H22F3NO4. The van der Waals surface area contributed by atoms with Gasteiger partial charge in [0, 0.05) is 17.5 Å². The van der Waals surface area contributed by atoms with Crippen LogP contribution in [0.2, 0.25) is 0 Å². The summed E-state index contributed by atoms with van der Waals surface area (Å²) in [6, 6.07) is 8.23. The predicted molar refractivity (Wildman–Crippen MR) is 101 cm³/mol. The van der Waals surface area contributed by atoms with Crippen molar-refractivity contribution >= 4 is 5.91 Å². The Bertz CT molecular complexity index is 892. The predicted octanol–water partition coefficient (Wildman–Crippen LogP) is 4.19. The van der Waals surface area contributed by atoms with E-state index in [2.05, 4.69) is 5.32 Å². The van der Waals surface area contributed by atoms with E-state index >= 15 is 0 Å². The van der Waals surface area contributed by atoms with Gasteiger partial charge in [0.25, 0.3) is 5.91 Å². The molecular weight excluding hydrogens is 387 g/mol. The monoisotopic (exact) mass is 409 g/mol. The number of nitrogens with one attached hydrogen (secondary N) is 1. The van der Waals surface area contributed by atoms with Crippen LogP contribution in [0.15, 0.2) is 36.4 Å². The molecule has 0 fully saturated rings. The van der Waals surface area contributed by atoms with Crippen molar-refractivity contribution in [1.82, 2.24) is 5.32 Å². The molecule has 2 aromatic rings. The molecule has 3 rings (SSSR count). The lowest BCUT2D eigenvalue weighted by Crippen LogP contribution is -2.37. The quantitative estimate of drug-likeness (QED) is 0.805. The second-order valence-electron chi connectivity index (χ2n) is 7.35. The second kappa shape index (κ2) is 7.85. The van der Waals surface area contributed by atoms with Gasteiger partial charge in [0.2, 0.25) is 5.75 Å². The molecule has 1 heterocycles. The van der Waals surface area contributed by atoms with Crippen molar-refractivity contribution in [3.8, 4) is 17.2 Å². The fourth-order valence-electron chi connectivity index (χ4n) is 3.03. The van der Waals surface area contributed by atoms with Crippen molar-refractivity contribution in [2.45, 2.75) is 25.4 Å². The number of amides is 1. The van der Waals surface area contributed by atoms with Crippen LogP contribution in [0.4, 0.5) is 13.2 Å². The molecule has 0 saturated heterocycles. The Labute approximate surface area is 166 Å². The zero-order valence-corrected chi connectivity index (χ0v) is 16.4. The summed E-state index contributed by atoms with van der Waals surface area (Å²) in [5.74, 6) is 0.849. The number of hydrogen-bond acceptors (Lipinski definition) is 4. The summed E-state index contributed by atoms with van der Waals surface area (Å²) >= 11 is 0. The van der Waals surface area contributed by atoms with Crippen molar-refractivity contribution in [3.63, 3.8) is 0 Å². The van der Waals surface area contributed by atoms with E-state index in [4.69, 9.17) is 14.2 Å². The number of halogens is 3. The average Bonchev–Trinajstić information content (AvgIpc) is 2.70. The number of methoxy groups -OCH3 is 1. The van der Waals surface area contributed by atoms with Gasteiger partial charge in [-0.05, 0) is 23.8 Å². The van der Waals surface area contributed by atoms with Gasteiger partial charge < -0.3 is 19.5 Å². The minimum Gasteiger partial charge on any atom is -0.493 e. The molecule has 0 bridgehead atoms. The Morgan fingerprint density at radius 1 is 1.10 bits per heavy atom. The Morgan fingerprint density at radius 2 is 1.79 bits per heavy atom. The van der Waals surface area contributed by atoms with E-state index in [1.165, 1.54) is 13.2 Å². The number of benzene rings is 2. The molecule has 0 unspecified atom stereocenters. The highest BCUT2D eigenvalue weighted by atomic mass is 19.4. The fourth-order valence-corrected chi connectivity index (χ4v) is 3.03. The molecule has 0 atom stereocenters. The van der Waals surface area contributed by atoms with Gasteiger partial charge in [-0.2, -0.15) is 13.2 Å².